The molecule has 0 N–H and O–H groups in total. The van der Waals surface area contributed by atoms with Crippen molar-refractivity contribution in [3.8, 4) is 0 Å². The van der Waals surface area contributed by atoms with Gasteiger partial charge in [-0.3, -0.25) is 4.74 Å². The van der Waals surface area contributed by atoms with Gasteiger partial charge in [-0.1, -0.05) is 60.6 Å². The molecule has 0 radical (unpaired) electrons. The fourth-order valence-corrected chi connectivity index (χ4v) is 5.46. The number of fused-ring (bicyclic) bond motifs is 1. The third-order valence-corrected chi connectivity index (χ3v) is 7.70. The molecule has 1 aromatic carbocycles. The van der Waals surface area contributed by atoms with Crippen molar-refractivity contribution in [1.82, 2.24) is 0 Å². The van der Waals surface area contributed by atoms with Gasteiger partial charge in [-0.2, -0.15) is 4.99 Å². The van der Waals surface area contributed by atoms with Crippen molar-refractivity contribution in [3.05, 3.63) is 124 Å². The molecule has 1 aliphatic heterocycles. The summed E-state index contributed by atoms with van der Waals surface area (Å²) in [6, 6.07) is 12.8. The highest BCUT2D eigenvalue weighted by molar-refractivity contribution is 6.09. The normalized spacial score (nSPS) is 19.1. The molecule has 1 aromatic heterocycles. The van der Waals surface area contributed by atoms with Gasteiger partial charge in [0.2, 0.25) is 6.10 Å². The van der Waals surface area contributed by atoms with Crippen LogP contribution in [0, 0.1) is 13.8 Å². The number of ether oxygens (including phenoxy) is 2. The molecule has 4 nitrogen and oxygen atoms in total. The molecule has 2 atom stereocenters. The number of aromatic nitrogens is 1. The number of hydrogen-bond acceptors (Lipinski definition) is 3. The van der Waals surface area contributed by atoms with E-state index in [1.54, 1.807) is 0 Å². The number of pyridine rings is 1. The first-order valence-electron chi connectivity index (χ1n) is 15.7. The molecule has 0 bridgehead atoms. The van der Waals surface area contributed by atoms with E-state index in [4.69, 9.17) is 14.5 Å². The summed E-state index contributed by atoms with van der Waals surface area (Å²) < 4.78 is 16.4. The second-order valence-electron chi connectivity index (χ2n) is 12.4. The summed E-state index contributed by atoms with van der Waals surface area (Å²) in [5.74, 6) is -0.307. The molecular weight excluding hydrogens is 528 g/mol. The Hall–Kier alpha value is -3.50. The van der Waals surface area contributed by atoms with Crippen LogP contribution in [0.5, 0.6) is 0 Å². The van der Waals surface area contributed by atoms with E-state index >= 15 is 0 Å². The highest BCUT2D eigenvalue weighted by Crippen LogP contribution is 2.36. The third-order valence-electron chi connectivity index (χ3n) is 7.70. The average Bonchev–Trinajstić information content (AvgIpc) is 2.93. The topological polar surface area (TPSA) is 34.7 Å². The number of aliphatic imine (C=N–C) groups is 1. The van der Waals surface area contributed by atoms with Gasteiger partial charge in [0.1, 0.15) is 0 Å². The average molecular weight is 582 g/mol. The molecule has 0 saturated carbocycles. The van der Waals surface area contributed by atoms with Crippen molar-refractivity contribution in [2.45, 2.75) is 113 Å². The lowest BCUT2D eigenvalue weighted by molar-refractivity contribution is -0.824. The Kier molecular flexibility index (Phi) is 12.1. The van der Waals surface area contributed by atoms with Crippen LogP contribution >= 0.6 is 0 Å². The zero-order valence-corrected chi connectivity index (χ0v) is 28.3. The van der Waals surface area contributed by atoms with E-state index in [2.05, 4.69) is 134 Å². The lowest BCUT2D eigenvalue weighted by Crippen LogP contribution is -2.67. The summed E-state index contributed by atoms with van der Waals surface area (Å²) in [6.45, 7) is 25.2. The molecule has 43 heavy (non-hydrogen) atoms. The van der Waals surface area contributed by atoms with Gasteiger partial charge in [0.15, 0.2) is 11.9 Å². The van der Waals surface area contributed by atoms with Crippen LogP contribution in [-0.2, 0) is 21.7 Å². The molecule has 1 aliphatic rings. The summed E-state index contributed by atoms with van der Waals surface area (Å²) in [5, 5.41) is 0. The standard InChI is InChI=1S/C39H53N2O2/c1-12-14-20-37(36-19-16-15-18-31(36)10)40-39(43-29(7)8)38(42-32(11)28(5)6)25-34(23-27(3)4)33(17-13-2)24-35-22-21-30(9)26-41(35)39/h13-16,18-23,26,29,38H,2,12,17,24-25H2,1,3-11H3/q+1. The molecule has 230 valence electrons. The van der Waals surface area contributed by atoms with Crippen molar-refractivity contribution >= 4 is 5.71 Å². The molecule has 0 fully saturated rings. The van der Waals surface area contributed by atoms with E-state index in [1.807, 2.05) is 13.0 Å². The minimum Gasteiger partial charge on any atom is -0.482 e. The summed E-state index contributed by atoms with van der Waals surface area (Å²) in [5.41, 5.74) is 10.4. The van der Waals surface area contributed by atoms with Crippen LogP contribution < -0.4 is 4.57 Å². The van der Waals surface area contributed by atoms with Gasteiger partial charge in [-0.05, 0) is 104 Å². The Labute approximate surface area is 261 Å². The Morgan fingerprint density at radius 3 is 2.42 bits per heavy atom. The van der Waals surface area contributed by atoms with Gasteiger partial charge >= 0.3 is 5.85 Å². The molecule has 0 amide bonds. The van der Waals surface area contributed by atoms with Crippen LogP contribution in [-0.4, -0.2) is 17.9 Å². The smallest absolute Gasteiger partial charge is 0.414 e. The molecular formula is C39H53N2O2+. The largest absolute Gasteiger partial charge is 0.482 e. The number of allylic oxidation sites excluding steroid dienone is 8. The predicted molar refractivity (Wildman–Crippen MR) is 181 cm³/mol. The van der Waals surface area contributed by atoms with Crippen molar-refractivity contribution in [3.63, 3.8) is 0 Å². The second-order valence-corrected chi connectivity index (χ2v) is 12.4. The molecule has 4 heteroatoms. The van der Waals surface area contributed by atoms with Crippen molar-refractivity contribution in [1.29, 1.82) is 0 Å². The third kappa shape index (κ3) is 8.54. The highest BCUT2D eigenvalue weighted by Gasteiger charge is 2.55. The summed E-state index contributed by atoms with van der Waals surface area (Å²) in [6.07, 6.45) is 13.3. The van der Waals surface area contributed by atoms with Crippen LogP contribution in [0.2, 0.25) is 0 Å². The maximum Gasteiger partial charge on any atom is 0.414 e. The zero-order valence-electron chi connectivity index (χ0n) is 28.3. The van der Waals surface area contributed by atoms with E-state index in [9.17, 15) is 0 Å². The summed E-state index contributed by atoms with van der Waals surface area (Å²) >= 11 is 0. The van der Waals surface area contributed by atoms with Crippen molar-refractivity contribution in [2.24, 2.45) is 4.99 Å². The van der Waals surface area contributed by atoms with Crippen LogP contribution in [0.3, 0.4) is 0 Å². The van der Waals surface area contributed by atoms with Gasteiger partial charge in [0.05, 0.1) is 24.0 Å². The van der Waals surface area contributed by atoms with E-state index < -0.39 is 12.0 Å². The van der Waals surface area contributed by atoms with Crippen LogP contribution in [0.4, 0.5) is 0 Å². The molecule has 0 spiro atoms. The molecule has 0 aliphatic carbocycles. The Bertz CT molecular complexity index is 1450. The second kappa shape index (κ2) is 15.3. The first-order valence-corrected chi connectivity index (χ1v) is 15.7. The van der Waals surface area contributed by atoms with E-state index in [1.165, 1.54) is 22.3 Å². The Balaban J connectivity index is 2.58. The minimum atomic E-state index is -1.19. The molecule has 3 rings (SSSR count). The van der Waals surface area contributed by atoms with Crippen molar-refractivity contribution in [2.75, 3.05) is 0 Å². The number of benzene rings is 1. The quantitative estimate of drug-likeness (QED) is 0.115. The first kappa shape index (κ1) is 34.0. The predicted octanol–water partition coefficient (Wildman–Crippen LogP) is 9.57. The molecule has 2 heterocycles. The fraction of sp³-hybridized carbons (Fsp3) is 0.436. The lowest BCUT2D eigenvalue weighted by atomic mass is 9.89. The SMILES string of the molecule is C=CCC1=C(C=C(C)C)CC(OC(C)=C(C)C)C(N=C(C=CCC)c2ccccc2C)(OC(C)C)[n+]2cc(C)ccc2C1. The van der Waals surface area contributed by atoms with Crippen LogP contribution in [0.1, 0.15) is 97.0 Å². The lowest BCUT2D eigenvalue weighted by Gasteiger charge is -2.37. The maximum atomic E-state index is 7.14. The monoisotopic (exact) mass is 581 g/mol. The van der Waals surface area contributed by atoms with E-state index in [-0.39, 0.29) is 6.10 Å². The van der Waals surface area contributed by atoms with Gasteiger partial charge in [0.25, 0.3) is 0 Å². The summed E-state index contributed by atoms with van der Waals surface area (Å²) in [7, 11) is 0. The fourth-order valence-electron chi connectivity index (χ4n) is 5.46. The highest BCUT2D eigenvalue weighted by atomic mass is 16.6. The number of aryl methyl sites for hydroxylation is 2. The van der Waals surface area contributed by atoms with Gasteiger partial charge in [0, 0.05) is 23.6 Å². The van der Waals surface area contributed by atoms with E-state index in [0.717, 1.165) is 53.1 Å². The number of nitrogens with zero attached hydrogens (tertiary/aromatic N) is 2. The maximum absolute atomic E-state index is 7.14. The van der Waals surface area contributed by atoms with Crippen molar-refractivity contribution < 1.29 is 14.0 Å². The Morgan fingerprint density at radius 1 is 1.09 bits per heavy atom. The molecule has 2 aromatic rings. The zero-order chi connectivity index (χ0) is 31.7. The first-order chi connectivity index (χ1) is 20.4. The van der Waals surface area contributed by atoms with Gasteiger partial charge < -0.3 is 4.74 Å². The number of hydrogen-bond donors (Lipinski definition) is 0. The Morgan fingerprint density at radius 2 is 1.81 bits per heavy atom. The van der Waals surface area contributed by atoms with E-state index in [0.29, 0.717) is 6.42 Å². The van der Waals surface area contributed by atoms with Gasteiger partial charge in [-0.25, -0.2) is 0 Å². The van der Waals surface area contributed by atoms with Crippen LogP contribution in [0.15, 0.2) is 107 Å². The minimum absolute atomic E-state index is 0.126. The number of rotatable bonds is 11. The molecule has 2 unspecified atom stereocenters. The summed E-state index contributed by atoms with van der Waals surface area (Å²) in [4.78, 5) is 5.70. The molecule has 0 saturated heterocycles. The van der Waals surface area contributed by atoms with Crippen LogP contribution in [0.25, 0.3) is 0 Å². The van der Waals surface area contributed by atoms with Gasteiger partial charge in [-0.15, -0.1) is 11.1 Å².